The monoisotopic (exact) mass is 237 g/mol. The summed E-state index contributed by atoms with van der Waals surface area (Å²) >= 11 is 0. The van der Waals surface area contributed by atoms with Gasteiger partial charge >= 0.3 is 0 Å². The fourth-order valence-electron chi connectivity index (χ4n) is 1.50. The molecule has 4 heteroatoms. The topological polar surface area (TPSA) is 58.7 Å². The molecule has 0 N–H and O–H groups in total. The first kappa shape index (κ1) is 11.8. The van der Waals surface area contributed by atoms with Crippen LogP contribution < -0.4 is 0 Å². The molecule has 4 nitrogen and oxygen atoms in total. The Balaban J connectivity index is 2.12. The number of benzene rings is 1. The van der Waals surface area contributed by atoms with E-state index in [1.807, 2.05) is 19.3 Å². The standard InChI is InChI=1S/C14H11N3O/c1-17-10-12(9-16-17)4-7-14(18)13-5-2-11(8-15)3-6-13/h2-7,9-10H,1H3/b7-4-. The zero-order valence-electron chi connectivity index (χ0n) is 9.87. The van der Waals surface area contributed by atoms with Gasteiger partial charge in [-0.2, -0.15) is 10.4 Å². The van der Waals surface area contributed by atoms with Gasteiger partial charge in [-0.15, -0.1) is 0 Å². The molecule has 0 aliphatic carbocycles. The predicted molar refractivity (Wildman–Crippen MR) is 67.7 cm³/mol. The highest BCUT2D eigenvalue weighted by Gasteiger charge is 2.01. The first-order chi connectivity index (χ1) is 8.69. The van der Waals surface area contributed by atoms with Gasteiger partial charge < -0.3 is 0 Å². The molecule has 0 atom stereocenters. The number of allylic oxidation sites excluding steroid dienone is 1. The number of carbonyl (C=O) groups excluding carboxylic acids is 1. The SMILES string of the molecule is Cn1cc(/C=C\C(=O)c2ccc(C#N)cc2)cn1. The molecule has 0 aliphatic rings. The third kappa shape index (κ3) is 2.71. The quantitative estimate of drug-likeness (QED) is 0.607. The zero-order valence-corrected chi connectivity index (χ0v) is 9.87. The summed E-state index contributed by atoms with van der Waals surface area (Å²) in [5, 5.41) is 12.7. The highest BCUT2D eigenvalue weighted by molar-refractivity contribution is 6.06. The molecule has 0 bridgehead atoms. The Morgan fingerprint density at radius 1 is 1.39 bits per heavy atom. The van der Waals surface area contributed by atoms with E-state index < -0.39 is 0 Å². The second kappa shape index (κ2) is 5.11. The summed E-state index contributed by atoms with van der Waals surface area (Å²) < 4.78 is 1.67. The Morgan fingerprint density at radius 3 is 2.67 bits per heavy atom. The van der Waals surface area contributed by atoms with Gasteiger partial charge in [0.15, 0.2) is 5.78 Å². The molecule has 1 aromatic carbocycles. The largest absolute Gasteiger partial charge is 0.289 e. The van der Waals surface area contributed by atoms with Crippen LogP contribution in [0.3, 0.4) is 0 Å². The summed E-state index contributed by atoms with van der Waals surface area (Å²) in [5.41, 5.74) is 1.98. The summed E-state index contributed by atoms with van der Waals surface area (Å²) in [4.78, 5) is 11.8. The van der Waals surface area contributed by atoms with Crippen LogP contribution in [0.25, 0.3) is 6.08 Å². The van der Waals surface area contributed by atoms with E-state index in [1.165, 1.54) is 6.08 Å². The van der Waals surface area contributed by atoms with E-state index in [4.69, 9.17) is 5.26 Å². The summed E-state index contributed by atoms with van der Waals surface area (Å²) in [6.45, 7) is 0. The van der Waals surface area contributed by atoms with E-state index in [2.05, 4.69) is 5.10 Å². The van der Waals surface area contributed by atoms with Crippen molar-refractivity contribution in [3.8, 4) is 6.07 Å². The summed E-state index contributed by atoms with van der Waals surface area (Å²) in [7, 11) is 1.82. The fraction of sp³-hybridized carbons (Fsp3) is 0.0714. The number of nitrogens with zero attached hydrogens (tertiary/aromatic N) is 3. The Hall–Kier alpha value is -2.67. The van der Waals surface area contributed by atoms with Gasteiger partial charge in [-0.25, -0.2) is 0 Å². The summed E-state index contributed by atoms with van der Waals surface area (Å²) in [5.74, 6) is -0.0941. The fourth-order valence-corrected chi connectivity index (χ4v) is 1.50. The van der Waals surface area contributed by atoms with Gasteiger partial charge in [0.1, 0.15) is 0 Å². The van der Waals surface area contributed by atoms with Gasteiger partial charge in [0, 0.05) is 24.4 Å². The van der Waals surface area contributed by atoms with Crippen molar-refractivity contribution in [1.29, 1.82) is 5.26 Å². The normalized spacial score (nSPS) is 10.4. The Kier molecular flexibility index (Phi) is 3.35. The molecule has 0 amide bonds. The molecule has 18 heavy (non-hydrogen) atoms. The Morgan fingerprint density at radius 2 is 2.11 bits per heavy atom. The van der Waals surface area contributed by atoms with E-state index in [0.717, 1.165) is 5.56 Å². The second-order valence-corrected chi connectivity index (χ2v) is 3.83. The van der Waals surface area contributed by atoms with Gasteiger partial charge in [0.2, 0.25) is 0 Å². The molecule has 0 unspecified atom stereocenters. The zero-order chi connectivity index (χ0) is 13.0. The van der Waals surface area contributed by atoms with Crippen LogP contribution in [0.4, 0.5) is 0 Å². The molecule has 0 radical (unpaired) electrons. The minimum Gasteiger partial charge on any atom is -0.289 e. The average Bonchev–Trinajstić information content (AvgIpc) is 2.82. The molecule has 0 spiro atoms. The van der Waals surface area contributed by atoms with E-state index in [9.17, 15) is 4.79 Å². The summed E-state index contributed by atoms with van der Waals surface area (Å²) in [6, 6.07) is 8.57. The molecule has 2 aromatic rings. The van der Waals surface area contributed by atoms with E-state index in [1.54, 1.807) is 41.2 Å². The maximum atomic E-state index is 11.8. The van der Waals surface area contributed by atoms with E-state index in [0.29, 0.717) is 11.1 Å². The predicted octanol–water partition coefficient (Wildman–Crippen LogP) is 2.19. The maximum absolute atomic E-state index is 11.8. The van der Waals surface area contributed by atoms with Gasteiger partial charge in [-0.1, -0.05) is 0 Å². The van der Waals surface area contributed by atoms with Crippen LogP contribution in [0.1, 0.15) is 21.5 Å². The number of ketones is 1. The van der Waals surface area contributed by atoms with Crippen LogP contribution >= 0.6 is 0 Å². The molecule has 0 saturated heterocycles. The van der Waals surface area contributed by atoms with Gasteiger partial charge in [0.25, 0.3) is 0 Å². The molecular weight excluding hydrogens is 226 g/mol. The van der Waals surface area contributed by atoms with Crippen molar-refractivity contribution in [3.63, 3.8) is 0 Å². The smallest absolute Gasteiger partial charge is 0.185 e. The number of nitriles is 1. The van der Waals surface area contributed by atoms with Crippen LogP contribution in [0, 0.1) is 11.3 Å². The van der Waals surface area contributed by atoms with Crippen molar-refractivity contribution in [2.24, 2.45) is 7.05 Å². The van der Waals surface area contributed by atoms with Crippen LogP contribution in [0.2, 0.25) is 0 Å². The first-order valence-corrected chi connectivity index (χ1v) is 5.40. The highest BCUT2D eigenvalue weighted by atomic mass is 16.1. The molecule has 0 aliphatic heterocycles. The van der Waals surface area contributed by atoms with Crippen LogP contribution in [0.15, 0.2) is 42.7 Å². The maximum Gasteiger partial charge on any atom is 0.185 e. The third-order valence-electron chi connectivity index (χ3n) is 2.45. The number of carbonyl (C=O) groups is 1. The lowest BCUT2D eigenvalue weighted by atomic mass is 10.1. The lowest BCUT2D eigenvalue weighted by molar-refractivity contribution is 0.104. The van der Waals surface area contributed by atoms with E-state index in [-0.39, 0.29) is 5.78 Å². The number of aryl methyl sites for hydroxylation is 1. The van der Waals surface area contributed by atoms with Crippen molar-refractivity contribution in [1.82, 2.24) is 9.78 Å². The first-order valence-electron chi connectivity index (χ1n) is 5.40. The molecule has 2 rings (SSSR count). The van der Waals surface area contributed by atoms with Gasteiger partial charge in [0.05, 0.1) is 17.8 Å². The second-order valence-electron chi connectivity index (χ2n) is 3.83. The minimum absolute atomic E-state index is 0.0941. The molecule has 88 valence electrons. The number of hydrogen-bond donors (Lipinski definition) is 0. The Bertz CT molecular complexity index is 630. The van der Waals surface area contributed by atoms with Crippen molar-refractivity contribution >= 4 is 11.9 Å². The lowest BCUT2D eigenvalue weighted by Gasteiger charge is -1.95. The molecule has 0 saturated carbocycles. The van der Waals surface area contributed by atoms with Crippen molar-refractivity contribution in [3.05, 3.63) is 59.4 Å². The lowest BCUT2D eigenvalue weighted by Crippen LogP contribution is -1.93. The molecule has 1 aromatic heterocycles. The highest BCUT2D eigenvalue weighted by Crippen LogP contribution is 2.07. The molecule has 1 heterocycles. The van der Waals surface area contributed by atoms with Crippen molar-refractivity contribution < 1.29 is 4.79 Å². The number of aromatic nitrogens is 2. The minimum atomic E-state index is -0.0941. The average molecular weight is 237 g/mol. The molecular formula is C14H11N3O. The van der Waals surface area contributed by atoms with Crippen molar-refractivity contribution in [2.45, 2.75) is 0 Å². The van der Waals surface area contributed by atoms with Crippen LogP contribution in [0.5, 0.6) is 0 Å². The molecule has 0 fully saturated rings. The van der Waals surface area contributed by atoms with Gasteiger partial charge in [-0.05, 0) is 36.4 Å². The van der Waals surface area contributed by atoms with E-state index >= 15 is 0 Å². The van der Waals surface area contributed by atoms with Crippen molar-refractivity contribution in [2.75, 3.05) is 0 Å². The Labute approximate surface area is 105 Å². The third-order valence-corrected chi connectivity index (χ3v) is 2.45. The van der Waals surface area contributed by atoms with Crippen LogP contribution in [-0.4, -0.2) is 15.6 Å². The van der Waals surface area contributed by atoms with Gasteiger partial charge in [-0.3, -0.25) is 9.48 Å². The number of hydrogen-bond acceptors (Lipinski definition) is 3. The van der Waals surface area contributed by atoms with Crippen LogP contribution in [-0.2, 0) is 7.05 Å². The summed E-state index contributed by atoms with van der Waals surface area (Å²) in [6.07, 6.45) is 6.72. The number of rotatable bonds is 3.